The molecule has 2 heterocycles. The number of pyridine rings is 1. The van der Waals surface area contributed by atoms with E-state index in [0.717, 1.165) is 42.8 Å². The summed E-state index contributed by atoms with van der Waals surface area (Å²) in [6, 6.07) is 1.77. The number of carbonyl (C=O) groups is 1. The van der Waals surface area contributed by atoms with E-state index >= 15 is 0 Å². The molecular weight excluding hydrogens is 308 g/mol. The summed E-state index contributed by atoms with van der Waals surface area (Å²) < 4.78 is 1.72. The van der Waals surface area contributed by atoms with Crippen molar-refractivity contribution in [2.45, 2.75) is 38.6 Å². The molecule has 3 rings (SSSR count). The second-order valence-electron chi connectivity index (χ2n) is 6.00. The topological polar surface area (TPSA) is 97.1 Å². The SMILES string of the molecule is CNc1nc(C)c2cc(/C=C/C(=O)O)c(=O)n(C3CCCC3)c2n1. The van der Waals surface area contributed by atoms with Crippen LogP contribution >= 0.6 is 0 Å². The van der Waals surface area contributed by atoms with Crippen LogP contribution in [0.5, 0.6) is 0 Å². The highest BCUT2D eigenvalue weighted by Gasteiger charge is 2.23. The van der Waals surface area contributed by atoms with Crippen molar-refractivity contribution >= 4 is 29.0 Å². The average Bonchev–Trinajstić information content (AvgIpc) is 3.06. The Hall–Kier alpha value is -2.70. The van der Waals surface area contributed by atoms with Gasteiger partial charge in [0.05, 0.1) is 5.69 Å². The van der Waals surface area contributed by atoms with Crippen molar-refractivity contribution in [2.24, 2.45) is 0 Å². The van der Waals surface area contributed by atoms with Gasteiger partial charge >= 0.3 is 5.97 Å². The number of hydrogen-bond acceptors (Lipinski definition) is 5. The van der Waals surface area contributed by atoms with Crippen molar-refractivity contribution in [3.63, 3.8) is 0 Å². The lowest BCUT2D eigenvalue weighted by Gasteiger charge is -2.18. The fraction of sp³-hybridized carbons (Fsp3) is 0.412. The number of anilines is 1. The Balaban J connectivity index is 2.32. The molecule has 2 aromatic rings. The molecule has 7 heteroatoms. The van der Waals surface area contributed by atoms with E-state index in [1.165, 1.54) is 6.08 Å². The summed E-state index contributed by atoms with van der Waals surface area (Å²) in [5, 5.41) is 12.5. The van der Waals surface area contributed by atoms with Crippen LogP contribution in [0.4, 0.5) is 5.95 Å². The Labute approximate surface area is 139 Å². The number of fused-ring (bicyclic) bond motifs is 1. The lowest BCUT2D eigenvalue weighted by atomic mass is 10.1. The van der Waals surface area contributed by atoms with Crippen LogP contribution < -0.4 is 10.9 Å². The largest absolute Gasteiger partial charge is 0.478 e. The molecule has 0 unspecified atom stereocenters. The van der Waals surface area contributed by atoms with E-state index in [9.17, 15) is 9.59 Å². The van der Waals surface area contributed by atoms with Gasteiger partial charge in [0.2, 0.25) is 5.95 Å². The Morgan fingerprint density at radius 3 is 2.71 bits per heavy atom. The van der Waals surface area contributed by atoms with Gasteiger partial charge in [-0.05, 0) is 31.9 Å². The minimum absolute atomic E-state index is 0.0946. The number of aryl methyl sites for hydroxylation is 1. The van der Waals surface area contributed by atoms with Gasteiger partial charge in [-0.15, -0.1) is 0 Å². The maximum atomic E-state index is 12.9. The van der Waals surface area contributed by atoms with Gasteiger partial charge in [-0.3, -0.25) is 9.36 Å². The highest BCUT2D eigenvalue weighted by Crippen LogP contribution is 2.31. The van der Waals surface area contributed by atoms with Gasteiger partial charge in [-0.25, -0.2) is 9.78 Å². The first-order chi connectivity index (χ1) is 11.5. The molecule has 0 bridgehead atoms. The van der Waals surface area contributed by atoms with Gasteiger partial charge in [0, 0.05) is 30.1 Å². The number of aliphatic carboxylic acids is 1. The molecule has 0 spiro atoms. The number of carboxylic acids is 1. The standard InChI is InChI=1S/C17H20N4O3/c1-10-13-9-11(7-8-14(22)23)16(24)21(12-5-3-4-6-12)15(13)20-17(18-2)19-10/h7-9,12H,3-6H2,1-2H3,(H,22,23)(H,18,19,20)/b8-7+. The third-order valence-corrected chi connectivity index (χ3v) is 4.43. The zero-order chi connectivity index (χ0) is 17.3. The first kappa shape index (κ1) is 16.2. The summed E-state index contributed by atoms with van der Waals surface area (Å²) in [6.45, 7) is 1.86. The number of aromatic nitrogens is 3. The van der Waals surface area contributed by atoms with Crippen molar-refractivity contribution < 1.29 is 9.90 Å². The molecule has 7 nitrogen and oxygen atoms in total. The number of carboxylic acid groups (broad SMARTS) is 1. The maximum absolute atomic E-state index is 12.9. The molecule has 0 amide bonds. The molecule has 2 aromatic heterocycles. The predicted octanol–water partition coefficient (Wildman–Crippen LogP) is 2.35. The van der Waals surface area contributed by atoms with E-state index in [0.29, 0.717) is 17.2 Å². The van der Waals surface area contributed by atoms with Crippen molar-refractivity contribution in [1.29, 1.82) is 0 Å². The third-order valence-electron chi connectivity index (χ3n) is 4.43. The first-order valence-electron chi connectivity index (χ1n) is 8.04. The molecule has 24 heavy (non-hydrogen) atoms. The second-order valence-corrected chi connectivity index (χ2v) is 6.00. The Morgan fingerprint density at radius 2 is 2.08 bits per heavy atom. The Kier molecular flexibility index (Phi) is 4.33. The van der Waals surface area contributed by atoms with E-state index in [-0.39, 0.29) is 11.6 Å². The van der Waals surface area contributed by atoms with Crippen LogP contribution in [-0.2, 0) is 4.79 Å². The van der Waals surface area contributed by atoms with Crippen molar-refractivity contribution in [2.75, 3.05) is 12.4 Å². The van der Waals surface area contributed by atoms with E-state index < -0.39 is 5.97 Å². The summed E-state index contributed by atoms with van der Waals surface area (Å²) in [7, 11) is 1.74. The van der Waals surface area contributed by atoms with Crippen LogP contribution in [0.15, 0.2) is 16.9 Å². The zero-order valence-electron chi connectivity index (χ0n) is 13.7. The fourth-order valence-electron chi connectivity index (χ4n) is 3.27. The molecule has 1 fully saturated rings. The number of nitrogens with zero attached hydrogens (tertiary/aromatic N) is 3. The van der Waals surface area contributed by atoms with Crippen LogP contribution in [-0.4, -0.2) is 32.7 Å². The predicted molar refractivity (Wildman–Crippen MR) is 92.3 cm³/mol. The molecule has 0 aromatic carbocycles. The lowest BCUT2D eigenvalue weighted by Crippen LogP contribution is -2.27. The molecule has 2 N–H and O–H groups in total. The van der Waals surface area contributed by atoms with E-state index in [2.05, 4.69) is 15.3 Å². The summed E-state index contributed by atoms with van der Waals surface area (Å²) >= 11 is 0. The van der Waals surface area contributed by atoms with Gasteiger partial charge in [-0.1, -0.05) is 12.8 Å². The van der Waals surface area contributed by atoms with Crippen molar-refractivity contribution in [3.05, 3.63) is 33.8 Å². The molecule has 1 aliphatic rings. The first-order valence-corrected chi connectivity index (χ1v) is 8.04. The van der Waals surface area contributed by atoms with Crippen LogP contribution in [0, 0.1) is 6.92 Å². The smallest absolute Gasteiger partial charge is 0.328 e. The Bertz CT molecular complexity index is 880. The van der Waals surface area contributed by atoms with E-state index in [4.69, 9.17) is 5.11 Å². The summed E-state index contributed by atoms with van der Waals surface area (Å²) in [5.74, 6) is -0.611. The van der Waals surface area contributed by atoms with Crippen LogP contribution in [0.1, 0.15) is 43.0 Å². The monoisotopic (exact) mass is 328 g/mol. The normalized spacial score (nSPS) is 15.4. The van der Waals surface area contributed by atoms with Crippen molar-refractivity contribution in [1.82, 2.24) is 14.5 Å². The van der Waals surface area contributed by atoms with Crippen LogP contribution in [0.2, 0.25) is 0 Å². The molecule has 1 aliphatic carbocycles. The van der Waals surface area contributed by atoms with Crippen LogP contribution in [0.3, 0.4) is 0 Å². The summed E-state index contributed by atoms with van der Waals surface area (Å²) in [5.41, 5.74) is 1.50. The third kappa shape index (κ3) is 2.89. The summed E-state index contributed by atoms with van der Waals surface area (Å²) in [4.78, 5) is 32.6. The molecule has 0 saturated heterocycles. The molecule has 126 valence electrons. The highest BCUT2D eigenvalue weighted by molar-refractivity contribution is 5.87. The second kappa shape index (κ2) is 6.43. The van der Waals surface area contributed by atoms with E-state index in [1.54, 1.807) is 17.7 Å². The highest BCUT2D eigenvalue weighted by atomic mass is 16.4. The lowest BCUT2D eigenvalue weighted by molar-refractivity contribution is -0.131. The maximum Gasteiger partial charge on any atom is 0.328 e. The molecule has 0 atom stereocenters. The Morgan fingerprint density at radius 1 is 1.38 bits per heavy atom. The molecule has 1 saturated carbocycles. The minimum atomic E-state index is -1.08. The fourth-order valence-corrected chi connectivity index (χ4v) is 3.27. The van der Waals surface area contributed by atoms with Gasteiger partial charge in [0.15, 0.2) is 0 Å². The van der Waals surface area contributed by atoms with Gasteiger partial charge in [0.1, 0.15) is 5.65 Å². The van der Waals surface area contributed by atoms with Crippen LogP contribution in [0.25, 0.3) is 17.1 Å². The van der Waals surface area contributed by atoms with Gasteiger partial charge in [-0.2, -0.15) is 4.98 Å². The molecular formula is C17H20N4O3. The van der Waals surface area contributed by atoms with Gasteiger partial charge < -0.3 is 10.4 Å². The zero-order valence-corrected chi connectivity index (χ0v) is 13.7. The minimum Gasteiger partial charge on any atom is -0.478 e. The quantitative estimate of drug-likeness (QED) is 0.836. The molecule has 0 radical (unpaired) electrons. The average molecular weight is 328 g/mol. The number of hydrogen-bond donors (Lipinski definition) is 2. The van der Waals surface area contributed by atoms with Crippen molar-refractivity contribution in [3.8, 4) is 0 Å². The van der Waals surface area contributed by atoms with Gasteiger partial charge in [0.25, 0.3) is 5.56 Å². The molecule has 0 aliphatic heterocycles. The number of rotatable bonds is 4. The van der Waals surface area contributed by atoms with E-state index in [1.807, 2.05) is 6.92 Å². The summed E-state index contributed by atoms with van der Waals surface area (Å²) in [6.07, 6.45) is 6.35. The number of nitrogens with one attached hydrogen (secondary N) is 1.